The first-order valence-corrected chi connectivity index (χ1v) is 10.6. The topological polar surface area (TPSA) is 86.8 Å². The van der Waals surface area contributed by atoms with Gasteiger partial charge in [-0.15, -0.1) is 0 Å². The summed E-state index contributed by atoms with van der Waals surface area (Å²) in [4.78, 5) is 27.9. The molecule has 2 aromatic carbocycles. The van der Waals surface area contributed by atoms with Crippen LogP contribution in [0.15, 0.2) is 53.4 Å². The maximum atomic E-state index is 12.5. The number of hydrogen-bond donors (Lipinski definition) is 1. The van der Waals surface area contributed by atoms with Crippen LogP contribution in [-0.4, -0.2) is 42.7 Å². The lowest BCUT2D eigenvalue weighted by molar-refractivity contribution is -0.128. The molecule has 4 rings (SSSR count). The molecule has 7 nitrogen and oxygen atoms in total. The Morgan fingerprint density at radius 3 is 2.36 bits per heavy atom. The van der Waals surface area contributed by atoms with E-state index in [0.29, 0.717) is 12.2 Å². The Morgan fingerprint density at radius 1 is 1.04 bits per heavy atom. The summed E-state index contributed by atoms with van der Waals surface area (Å²) in [7, 11) is -3.67. The summed E-state index contributed by atoms with van der Waals surface area (Å²) in [5, 5.41) is 0. The van der Waals surface area contributed by atoms with Crippen molar-refractivity contribution in [3.63, 3.8) is 0 Å². The minimum Gasteiger partial charge on any atom is -0.312 e. The van der Waals surface area contributed by atoms with Crippen LogP contribution in [0.4, 0.5) is 10.5 Å². The highest BCUT2D eigenvalue weighted by atomic mass is 32.2. The SMILES string of the molecule is Cc1ccc(S(=O)(=O)Nc2ccc(CN3C(=O)C4CCCN4C3=O)cc2)cc1. The van der Waals surface area contributed by atoms with E-state index in [1.807, 2.05) is 6.92 Å². The molecule has 1 unspecified atom stereocenters. The zero-order valence-electron chi connectivity index (χ0n) is 15.5. The van der Waals surface area contributed by atoms with Crippen LogP contribution in [0.3, 0.4) is 0 Å². The van der Waals surface area contributed by atoms with Crippen LogP contribution in [0.25, 0.3) is 0 Å². The van der Waals surface area contributed by atoms with E-state index in [2.05, 4.69) is 4.72 Å². The third-order valence-corrected chi connectivity index (χ3v) is 6.56. The number of anilines is 1. The molecule has 0 aromatic heterocycles. The highest BCUT2D eigenvalue weighted by Gasteiger charge is 2.47. The van der Waals surface area contributed by atoms with Crippen LogP contribution in [0.2, 0.25) is 0 Å². The number of carbonyl (C=O) groups is 2. The van der Waals surface area contributed by atoms with Crippen LogP contribution in [0, 0.1) is 6.92 Å². The van der Waals surface area contributed by atoms with E-state index in [9.17, 15) is 18.0 Å². The van der Waals surface area contributed by atoms with E-state index in [1.165, 1.54) is 4.90 Å². The van der Waals surface area contributed by atoms with Crippen LogP contribution >= 0.6 is 0 Å². The molecule has 1 N–H and O–H groups in total. The molecule has 2 aromatic rings. The molecular formula is C20H21N3O4S. The van der Waals surface area contributed by atoms with Crippen molar-refractivity contribution in [1.82, 2.24) is 9.80 Å². The molecule has 0 spiro atoms. The van der Waals surface area contributed by atoms with Gasteiger partial charge in [-0.05, 0) is 49.6 Å². The van der Waals surface area contributed by atoms with E-state index in [-0.39, 0.29) is 29.4 Å². The number of imide groups is 1. The van der Waals surface area contributed by atoms with Crippen molar-refractivity contribution in [3.05, 3.63) is 59.7 Å². The predicted octanol–water partition coefficient (Wildman–Crippen LogP) is 2.72. The quantitative estimate of drug-likeness (QED) is 0.783. The lowest BCUT2D eigenvalue weighted by Gasteiger charge is -2.16. The van der Waals surface area contributed by atoms with Gasteiger partial charge in [0.2, 0.25) is 0 Å². The molecule has 0 bridgehead atoms. The predicted molar refractivity (Wildman–Crippen MR) is 104 cm³/mol. The number of aryl methyl sites for hydroxylation is 1. The zero-order chi connectivity index (χ0) is 19.9. The van der Waals surface area contributed by atoms with Crippen molar-refractivity contribution in [2.24, 2.45) is 0 Å². The normalized spacial score (nSPS) is 19.2. The summed E-state index contributed by atoms with van der Waals surface area (Å²) in [6, 6.07) is 12.8. The Kier molecular flexibility index (Phi) is 4.58. The molecule has 0 radical (unpaired) electrons. The minimum atomic E-state index is -3.67. The third kappa shape index (κ3) is 3.35. The second-order valence-electron chi connectivity index (χ2n) is 7.17. The molecule has 0 saturated carbocycles. The molecule has 1 atom stereocenters. The van der Waals surface area contributed by atoms with Gasteiger partial charge in [0.1, 0.15) is 6.04 Å². The van der Waals surface area contributed by atoms with Crippen molar-refractivity contribution in [3.8, 4) is 0 Å². The first kappa shape index (κ1) is 18.5. The van der Waals surface area contributed by atoms with Gasteiger partial charge in [0.15, 0.2) is 0 Å². The Hall–Kier alpha value is -2.87. The lowest BCUT2D eigenvalue weighted by atomic mass is 10.2. The number of fused-ring (bicyclic) bond motifs is 1. The van der Waals surface area contributed by atoms with Gasteiger partial charge >= 0.3 is 6.03 Å². The van der Waals surface area contributed by atoms with Crippen LogP contribution in [-0.2, 0) is 21.4 Å². The van der Waals surface area contributed by atoms with Crippen molar-refractivity contribution in [1.29, 1.82) is 0 Å². The first-order valence-electron chi connectivity index (χ1n) is 9.15. The average molecular weight is 399 g/mol. The molecule has 8 heteroatoms. The number of nitrogens with zero attached hydrogens (tertiary/aromatic N) is 2. The number of nitrogens with one attached hydrogen (secondary N) is 1. The van der Waals surface area contributed by atoms with Gasteiger partial charge in [0.05, 0.1) is 11.4 Å². The van der Waals surface area contributed by atoms with Gasteiger partial charge in [-0.2, -0.15) is 0 Å². The molecule has 0 aliphatic carbocycles. The molecule has 2 heterocycles. The summed E-state index contributed by atoms with van der Waals surface area (Å²) in [5.41, 5.74) is 2.17. The van der Waals surface area contributed by atoms with Crippen LogP contribution in [0.1, 0.15) is 24.0 Å². The highest BCUT2D eigenvalue weighted by Crippen LogP contribution is 2.28. The van der Waals surface area contributed by atoms with Gasteiger partial charge in [0.25, 0.3) is 15.9 Å². The fourth-order valence-corrected chi connectivity index (χ4v) is 4.68. The molecule has 2 fully saturated rings. The number of rotatable bonds is 5. The van der Waals surface area contributed by atoms with E-state index in [4.69, 9.17) is 0 Å². The molecule has 2 aliphatic rings. The largest absolute Gasteiger partial charge is 0.327 e. The molecule has 3 amide bonds. The maximum absolute atomic E-state index is 12.5. The van der Waals surface area contributed by atoms with Crippen molar-refractivity contribution in [2.75, 3.05) is 11.3 Å². The number of urea groups is 1. The lowest BCUT2D eigenvalue weighted by Crippen LogP contribution is -2.32. The van der Waals surface area contributed by atoms with Gasteiger partial charge in [0, 0.05) is 12.2 Å². The fourth-order valence-electron chi connectivity index (χ4n) is 3.62. The monoisotopic (exact) mass is 399 g/mol. The Balaban J connectivity index is 1.45. The summed E-state index contributed by atoms with van der Waals surface area (Å²) in [5.74, 6) is -0.147. The minimum absolute atomic E-state index is 0.147. The van der Waals surface area contributed by atoms with E-state index >= 15 is 0 Å². The second-order valence-corrected chi connectivity index (χ2v) is 8.86. The number of amides is 3. The summed E-state index contributed by atoms with van der Waals surface area (Å²) < 4.78 is 27.5. The van der Waals surface area contributed by atoms with Crippen LogP contribution in [0.5, 0.6) is 0 Å². The average Bonchev–Trinajstić information content (AvgIpc) is 3.23. The zero-order valence-corrected chi connectivity index (χ0v) is 16.3. The Bertz CT molecular complexity index is 994. The van der Waals surface area contributed by atoms with Gasteiger partial charge in [-0.3, -0.25) is 14.4 Å². The number of hydrogen-bond acceptors (Lipinski definition) is 4. The number of benzene rings is 2. The van der Waals surface area contributed by atoms with Gasteiger partial charge in [-0.1, -0.05) is 29.8 Å². The summed E-state index contributed by atoms with van der Waals surface area (Å²) in [6.07, 6.45) is 1.59. The number of carbonyl (C=O) groups excluding carboxylic acids is 2. The van der Waals surface area contributed by atoms with E-state index < -0.39 is 10.0 Å². The molecule has 2 saturated heterocycles. The first-order chi connectivity index (χ1) is 13.3. The second kappa shape index (κ2) is 6.94. The van der Waals surface area contributed by atoms with E-state index in [1.54, 1.807) is 53.4 Å². The van der Waals surface area contributed by atoms with Crippen molar-refractivity contribution in [2.45, 2.75) is 37.2 Å². The van der Waals surface area contributed by atoms with Gasteiger partial charge < -0.3 is 4.90 Å². The molecule has 146 valence electrons. The molecule has 28 heavy (non-hydrogen) atoms. The third-order valence-electron chi connectivity index (χ3n) is 5.16. The van der Waals surface area contributed by atoms with Crippen molar-refractivity contribution < 1.29 is 18.0 Å². The standard InChI is InChI=1S/C20H21N3O4S/c1-14-4-10-17(11-5-14)28(26,27)21-16-8-6-15(7-9-16)13-23-19(24)18-3-2-12-22(18)20(23)25/h4-11,18,21H,2-3,12-13H2,1H3. The fraction of sp³-hybridized carbons (Fsp3) is 0.300. The smallest absolute Gasteiger partial charge is 0.312 e. The Morgan fingerprint density at radius 2 is 1.71 bits per heavy atom. The van der Waals surface area contributed by atoms with Gasteiger partial charge in [-0.25, -0.2) is 13.2 Å². The highest BCUT2D eigenvalue weighted by molar-refractivity contribution is 7.92. The van der Waals surface area contributed by atoms with Crippen molar-refractivity contribution >= 4 is 27.6 Å². The van der Waals surface area contributed by atoms with Crippen LogP contribution < -0.4 is 4.72 Å². The number of sulfonamides is 1. The van der Waals surface area contributed by atoms with E-state index in [0.717, 1.165) is 24.0 Å². The summed E-state index contributed by atoms with van der Waals surface area (Å²) in [6.45, 7) is 2.71. The maximum Gasteiger partial charge on any atom is 0.327 e. The molecule has 2 aliphatic heterocycles. The molecular weight excluding hydrogens is 378 g/mol. The Labute approximate surface area is 164 Å². The summed E-state index contributed by atoms with van der Waals surface area (Å²) >= 11 is 0.